The molecule has 0 spiro atoms. The molecule has 2 atom stereocenters. The minimum Gasteiger partial charge on any atom is -0.480 e. The van der Waals surface area contributed by atoms with Crippen LogP contribution in [0.3, 0.4) is 0 Å². The van der Waals surface area contributed by atoms with Crippen LogP contribution in [0.4, 0.5) is 0 Å². The number of nitrogens with one attached hydrogen (secondary N) is 2. The Labute approximate surface area is 127 Å². The Morgan fingerprint density at radius 2 is 2.00 bits per heavy atom. The first kappa shape index (κ1) is 15.8. The molecule has 6 nitrogen and oxygen atoms in total. The fourth-order valence-corrected chi connectivity index (χ4v) is 2.22. The largest absolute Gasteiger partial charge is 0.480 e. The van der Waals surface area contributed by atoms with Crippen LogP contribution in [0.15, 0.2) is 35.1 Å². The summed E-state index contributed by atoms with van der Waals surface area (Å²) in [6.45, 7) is 3.58. The number of carboxylic acids is 1. The van der Waals surface area contributed by atoms with E-state index in [1.165, 1.54) is 6.07 Å². The number of carbonyl (C=O) groups is 2. The van der Waals surface area contributed by atoms with Crippen molar-refractivity contribution in [3.63, 3.8) is 0 Å². The van der Waals surface area contributed by atoms with Crippen LogP contribution in [0.5, 0.6) is 0 Å². The molecule has 3 N–H and O–H groups in total. The molecule has 0 aliphatic rings. The lowest BCUT2D eigenvalue weighted by Crippen LogP contribution is -2.46. The third kappa shape index (κ3) is 3.16. The van der Waals surface area contributed by atoms with E-state index >= 15 is 0 Å². The highest BCUT2D eigenvalue weighted by Gasteiger charge is 2.26. The Hall–Kier alpha value is -2.63. The van der Waals surface area contributed by atoms with Crippen molar-refractivity contribution in [1.29, 1.82) is 0 Å². The van der Waals surface area contributed by atoms with Crippen molar-refractivity contribution in [2.45, 2.75) is 26.3 Å². The Balaban J connectivity index is 2.34. The van der Waals surface area contributed by atoms with Crippen molar-refractivity contribution in [2.24, 2.45) is 5.92 Å². The van der Waals surface area contributed by atoms with E-state index < -0.39 is 23.5 Å². The summed E-state index contributed by atoms with van der Waals surface area (Å²) in [5, 5.41) is 12.4. The van der Waals surface area contributed by atoms with E-state index in [4.69, 9.17) is 0 Å². The number of hydrogen-bond donors (Lipinski definition) is 3. The summed E-state index contributed by atoms with van der Waals surface area (Å²) in [4.78, 5) is 38.1. The van der Waals surface area contributed by atoms with E-state index in [2.05, 4.69) is 10.3 Å². The highest BCUT2D eigenvalue weighted by atomic mass is 16.4. The molecule has 0 aliphatic carbocycles. The molecule has 0 saturated carbocycles. The number of H-pyrrole nitrogens is 1. The predicted molar refractivity (Wildman–Crippen MR) is 82.9 cm³/mol. The Bertz CT molecular complexity index is 766. The lowest BCUT2D eigenvalue weighted by Gasteiger charge is -2.20. The third-order valence-electron chi connectivity index (χ3n) is 3.76. The maximum absolute atomic E-state index is 12.2. The van der Waals surface area contributed by atoms with Gasteiger partial charge in [-0.3, -0.25) is 9.59 Å². The van der Waals surface area contributed by atoms with Crippen molar-refractivity contribution >= 4 is 22.8 Å². The van der Waals surface area contributed by atoms with Crippen LogP contribution in [0, 0.1) is 5.92 Å². The van der Waals surface area contributed by atoms with Crippen LogP contribution >= 0.6 is 0 Å². The Morgan fingerprint density at radius 1 is 1.32 bits per heavy atom. The summed E-state index contributed by atoms with van der Waals surface area (Å²) in [5.74, 6) is -2.03. The molecule has 22 heavy (non-hydrogen) atoms. The number of hydrogen-bond acceptors (Lipinski definition) is 3. The summed E-state index contributed by atoms with van der Waals surface area (Å²) in [5.41, 5.74) is -0.00139. The zero-order chi connectivity index (χ0) is 16.3. The maximum atomic E-state index is 12.2. The van der Waals surface area contributed by atoms with Crippen LogP contribution in [0.2, 0.25) is 0 Å². The molecule has 2 rings (SSSR count). The monoisotopic (exact) mass is 302 g/mol. The molecule has 0 radical (unpaired) electrons. The molecule has 0 unspecified atom stereocenters. The third-order valence-corrected chi connectivity index (χ3v) is 3.76. The molecular weight excluding hydrogens is 284 g/mol. The van der Waals surface area contributed by atoms with E-state index in [0.717, 1.165) is 0 Å². The molecule has 6 heteroatoms. The number of fused-ring (bicyclic) bond motifs is 1. The van der Waals surface area contributed by atoms with Gasteiger partial charge in [0, 0.05) is 5.52 Å². The van der Waals surface area contributed by atoms with Crippen molar-refractivity contribution in [3.05, 3.63) is 46.2 Å². The molecular formula is C16H18N2O4. The second-order valence-electron chi connectivity index (χ2n) is 5.27. The molecule has 0 aliphatic heterocycles. The summed E-state index contributed by atoms with van der Waals surface area (Å²) < 4.78 is 0. The number of carboxylic acid groups (broad SMARTS) is 1. The quantitative estimate of drug-likeness (QED) is 0.783. The van der Waals surface area contributed by atoms with Crippen molar-refractivity contribution < 1.29 is 14.7 Å². The minimum atomic E-state index is -1.11. The number of carbonyl (C=O) groups excluding carboxylic acids is 1. The normalized spacial score (nSPS) is 13.5. The van der Waals surface area contributed by atoms with E-state index in [0.29, 0.717) is 17.3 Å². The number of para-hydroxylation sites is 1. The van der Waals surface area contributed by atoms with Crippen molar-refractivity contribution in [1.82, 2.24) is 10.3 Å². The van der Waals surface area contributed by atoms with Crippen molar-refractivity contribution in [3.8, 4) is 0 Å². The zero-order valence-electron chi connectivity index (χ0n) is 12.4. The molecule has 0 fully saturated rings. The highest BCUT2D eigenvalue weighted by molar-refractivity contribution is 5.99. The van der Waals surface area contributed by atoms with Gasteiger partial charge in [-0.2, -0.15) is 0 Å². The maximum Gasteiger partial charge on any atom is 0.326 e. The van der Waals surface area contributed by atoms with E-state index in [1.54, 1.807) is 31.2 Å². The predicted octanol–water partition coefficient (Wildman–Crippen LogP) is 1.76. The number of pyridine rings is 1. The van der Waals surface area contributed by atoms with Crippen LogP contribution in [0.25, 0.3) is 10.9 Å². The molecule has 1 aromatic heterocycles. The summed E-state index contributed by atoms with van der Waals surface area (Å²) in [7, 11) is 0. The fraction of sp³-hybridized carbons (Fsp3) is 0.312. The zero-order valence-corrected chi connectivity index (χ0v) is 12.4. The number of aromatic nitrogens is 1. The van der Waals surface area contributed by atoms with Gasteiger partial charge in [0.2, 0.25) is 0 Å². The second kappa shape index (κ2) is 6.43. The number of aliphatic carboxylic acids is 1. The topological polar surface area (TPSA) is 99.3 Å². The first-order valence-corrected chi connectivity index (χ1v) is 7.09. The SMILES string of the molecule is CC[C@H](C)[C@H](NC(=O)c1cc2ccccc2[nH]c1=O)C(=O)O. The van der Waals surface area contributed by atoms with Gasteiger partial charge in [0.1, 0.15) is 11.6 Å². The molecule has 0 bridgehead atoms. The lowest BCUT2D eigenvalue weighted by molar-refractivity contribution is -0.140. The fourth-order valence-electron chi connectivity index (χ4n) is 2.22. The Morgan fingerprint density at radius 3 is 2.64 bits per heavy atom. The lowest BCUT2D eigenvalue weighted by atomic mass is 9.99. The van der Waals surface area contributed by atoms with Gasteiger partial charge in [0.25, 0.3) is 11.5 Å². The van der Waals surface area contributed by atoms with Gasteiger partial charge in [0.05, 0.1) is 0 Å². The van der Waals surface area contributed by atoms with Gasteiger partial charge in [-0.1, -0.05) is 38.5 Å². The van der Waals surface area contributed by atoms with Crippen LogP contribution in [-0.4, -0.2) is 28.0 Å². The minimum absolute atomic E-state index is 0.0896. The Kier molecular flexibility index (Phi) is 4.60. The summed E-state index contributed by atoms with van der Waals surface area (Å²) >= 11 is 0. The van der Waals surface area contributed by atoms with Gasteiger partial charge in [0.15, 0.2) is 0 Å². The van der Waals surface area contributed by atoms with E-state index in [9.17, 15) is 19.5 Å². The first-order valence-electron chi connectivity index (χ1n) is 7.09. The highest BCUT2D eigenvalue weighted by Crippen LogP contribution is 2.12. The van der Waals surface area contributed by atoms with E-state index in [-0.39, 0.29) is 11.5 Å². The number of aromatic amines is 1. The smallest absolute Gasteiger partial charge is 0.326 e. The number of benzene rings is 1. The molecule has 116 valence electrons. The van der Waals surface area contributed by atoms with Gasteiger partial charge in [-0.15, -0.1) is 0 Å². The van der Waals surface area contributed by atoms with Crippen molar-refractivity contribution in [2.75, 3.05) is 0 Å². The molecule has 2 aromatic rings. The summed E-state index contributed by atoms with van der Waals surface area (Å²) in [6.07, 6.45) is 0.603. The average Bonchev–Trinajstić information content (AvgIpc) is 2.50. The van der Waals surface area contributed by atoms with Gasteiger partial charge in [-0.25, -0.2) is 4.79 Å². The first-order chi connectivity index (χ1) is 10.4. The number of rotatable bonds is 5. The van der Waals surface area contributed by atoms with Crippen LogP contribution in [0.1, 0.15) is 30.6 Å². The molecule has 1 aromatic carbocycles. The van der Waals surface area contributed by atoms with E-state index in [1.807, 2.05) is 6.92 Å². The molecule has 1 amide bonds. The second-order valence-corrected chi connectivity index (χ2v) is 5.27. The van der Waals surface area contributed by atoms with Crippen LogP contribution < -0.4 is 10.9 Å². The van der Waals surface area contributed by atoms with Gasteiger partial charge >= 0.3 is 5.97 Å². The van der Waals surface area contributed by atoms with Crippen LogP contribution in [-0.2, 0) is 4.79 Å². The van der Waals surface area contributed by atoms with Gasteiger partial charge in [-0.05, 0) is 23.4 Å². The summed E-state index contributed by atoms with van der Waals surface area (Å²) in [6, 6.07) is 7.52. The number of amides is 1. The van der Waals surface area contributed by atoms with Gasteiger partial charge < -0.3 is 15.4 Å². The standard InChI is InChI=1S/C16H18N2O4/c1-3-9(2)13(16(21)22)18-15(20)11-8-10-6-4-5-7-12(10)17-14(11)19/h4-9,13H,3H2,1-2H3,(H,17,19)(H,18,20)(H,21,22)/t9-,13-/m0/s1. The average molecular weight is 302 g/mol. The molecule has 1 heterocycles. The molecule has 0 saturated heterocycles.